The van der Waals surface area contributed by atoms with Crippen LogP contribution in [0.3, 0.4) is 0 Å². The Bertz CT molecular complexity index is 421. The van der Waals surface area contributed by atoms with Crippen molar-refractivity contribution in [3.05, 3.63) is 23.3 Å². The number of ketones is 1. The van der Waals surface area contributed by atoms with Gasteiger partial charge >= 0.3 is 0 Å². The molecule has 0 bridgehead atoms. The number of rotatable bonds is 7. The van der Waals surface area contributed by atoms with Crippen LogP contribution in [0, 0.1) is 0 Å². The first-order valence-electron chi connectivity index (χ1n) is 5.92. The van der Waals surface area contributed by atoms with Crippen LogP contribution < -0.4 is 10.5 Å². The third-order valence-corrected chi connectivity index (χ3v) is 2.71. The SMILES string of the molecule is CCCc1c(OCCCl)ccc(C(=O)CN)c1O. The van der Waals surface area contributed by atoms with E-state index in [-0.39, 0.29) is 23.6 Å². The second kappa shape index (κ2) is 7.24. The Balaban J connectivity index is 3.14. The molecular weight excluding hydrogens is 254 g/mol. The van der Waals surface area contributed by atoms with Gasteiger partial charge in [0.15, 0.2) is 5.78 Å². The van der Waals surface area contributed by atoms with Gasteiger partial charge in [0.05, 0.1) is 18.0 Å². The summed E-state index contributed by atoms with van der Waals surface area (Å²) in [5.74, 6) is 0.632. The van der Waals surface area contributed by atoms with Gasteiger partial charge in [0, 0.05) is 5.56 Å². The molecule has 4 nitrogen and oxygen atoms in total. The van der Waals surface area contributed by atoms with E-state index >= 15 is 0 Å². The first-order valence-corrected chi connectivity index (χ1v) is 6.46. The van der Waals surface area contributed by atoms with Crippen LogP contribution in [0.1, 0.15) is 29.3 Å². The largest absolute Gasteiger partial charge is 0.507 e. The molecule has 0 saturated heterocycles. The second-order valence-electron chi connectivity index (χ2n) is 3.85. The fourth-order valence-corrected chi connectivity index (χ4v) is 1.81. The number of nitrogens with two attached hydrogens (primary N) is 1. The van der Waals surface area contributed by atoms with Crippen molar-refractivity contribution in [3.8, 4) is 11.5 Å². The third-order valence-electron chi connectivity index (χ3n) is 2.56. The monoisotopic (exact) mass is 271 g/mol. The summed E-state index contributed by atoms with van der Waals surface area (Å²) in [7, 11) is 0. The number of phenols is 1. The van der Waals surface area contributed by atoms with E-state index in [2.05, 4.69) is 0 Å². The number of halogens is 1. The Hall–Kier alpha value is -1.26. The van der Waals surface area contributed by atoms with E-state index in [0.717, 1.165) is 6.42 Å². The minimum absolute atomic E-state index is 0.0284. The van der Waals surface area contributed by atoms with Gasteiger partial charge in [-0.2, -0.15) is 0 Å². The lowest BCUT2D eigenvalue weighted by Crippen LogP contribution is -2.14. The van der Waals surface area contributed by atoms with Crippen LogP contribution in [0.15, 0.2) is 12.1 Å². The van der Waals surface area contributed by atoms with Gasteiger partial charge in [0.25, 0.3) is 0 Å². The molecule has 5 heteroatoms. The summed E-state index contributed by atoms with van der Waals surface area (Å²) < 4.78 is 5.45. The Labute approximate surface area is 112 Å². The maximum atomic E-state index is 11.6. The lowest BCUT2D eigenvalue weighted by Gasteiger charge is -2.14. The Morgan fingerprint density at radius 2 is 2.22 bits per heavy atom. The zero-order valence-electron chi connectivity index (χ0n) is 10.4. The molecule has 1 aromatic carbocycles. The van der Waals surface area contributed by atoms with Crippen molar-refractivity contribution in [3.63, 3.8) is 0 Å². The van der Waals surface area contributed by atoms with Crippen molar-refractivity contribution in [1.29, 1.82) is 0 Å². The summed E-state index contributed by atoms with van der Waals surface area (Å²) >= 11 is 5.57. The molecule has 1 rings (SSSR count). The van der Waals surface area contributed by atoms with Crippen LogP contribution >= 0.6 is 11.6 Å². The van der Waals surface area contributed by atoms with Crippen molar-refractivity contribution >= 4 is 17.4 Å². The molecule has 1 aromatic rings. The number of alkyl halides is 1. The molecule has 0 saturated carbocycles. The maximum absolute atomic E-state index is 11.6. The molecule has 0 aliphatic rings. The van der Waals surface area contributed by atoms with Gasteiger partial charge in [-0.3, -0.25) is 4.79 Å². The van der Waals surface area contributed by atoms with Gasteiger partial charge < -0.3 is 15.6 Å². The van der Waals surface area contributed by atoms with Crippen molar-refractivity contribution in [2.45, 2.75) is 19.8 Å². The Kier molecular flexibility index (Phi) is 5.95. The lowest BCUT2D eigenvalue weighted by molar-refractivity contribution is 0.0998. The number of hydrogen-bond donors (Lipinski definition) is 2. The van der Waals surface area contributed by atoms with Gasteiger partial charge in [-0.1, -0.05) is 13.3 Å². The topological polar surface area (TPSA) is 72.5 Å². The molecule has 0 unspecified atom stereocenters. The third kappa shape index (κ3) is 3.37. The standard InChI is InChI=1S/C13H18ClNO3/c1-2-3-10-12(18-7-6-14)5-4-9(13(10)17)11(16)8-15/h4-5,17H,2-3,6-8,15H2,1H3. The molecule has 0 atom stereocenters. The number of Topliss-reactive ketones (excluding diaryl/α,β-unsaturated/α-hetero) is 1. The van der Waals surface area contributed by atoms with Crippen LogP contribution in [0.2, 0.25) is 0 Å². The highest BCUT2D eigenvalue weighted by atomic mass is 35.5. The minimum Gasteiger partial charge on any atom is -0.507 e. The summed E-state index contributed by atoms with van der Waals surface area (Å²) in [6, 6.07) is 3.22. The molecule has 0 fully saturated rings. The van der Waals surface area contributed by atoms with Crippen LogP contribution in [0.5, 0.6) is 11.5 Å². The predicted molar refractivity (Wildman–Crippen MR) is 71.7 cm³/mol. The van der Waals surface area contributed by atoms with E-state index < -0.39 is 0 Å². The zero-order chi connectivity index (χ0) is 13.5. The molecule has 0 heterocycles. The highest BCUT2D eigenvalue weighted by Crippen LogP contribution is 2.32. The first kappa shape index (κ1) is 14.8. The molecular formula is C13H18ClNO3. The number of benzene rings is 1. The summed E-state index contributed by atoms with van der Waals surface area (Å²) in [6.07, 6.45) is 1.47. The normalized spacial score (nSPS) is 10.4. The van der Waals surface area contributed by atoms with Gasteiger partial charge in [-0.15, -0.1) is 11.6 Å². The summed E-state index contributed by atoms with van der Waals surface area (Å²) in [5.41, 5.74) is 6.20. The molecule has 0 spiro atoms. The Morgan fingerprint density at radius 1 is 1.50 bits per heavy atom. The van der Waals surface area contributed by atoms with Gasteiger partial charge in [-0.25, -0.2) is 0 Å². The number of ether oxygens (including phenoxy) is 1. The highest BCUT2D eigenvalue weighted by molar-refractivity contribution is 6.18. The van der Waals surface area contributed by atoms with Crippen LogP contribution in [-0.4, -0.2) is 29.9 Å². The molecule has 0 aromatic heterocycles. The maximum Gasteiger partial charge on any atom is 0.180 e. The van der Waals surface area contributed by atoms with Gasteiger partial charge in [0.2, 0.25) is 0 Å². The summed E-state index contributed by atoms with van der Waals surface area (Å²) in [4.78, 5) is 11.6. The number of carbonyl (C=O) groups excluding carboxylic acids is 1. The molecule has 0 aliphatic carbocycles. The van der Waals surface area contributed by atoms with Crippen molar-refractivity contribution < 1.29 is 14.6 Å². The van der Waals surface area contributed by atoms with E-state index in [0.29, 0.717) is 30.2 Å². The minimum atomic E-state index is -0.284. The van der Waals surface area contributed by atoms with Crippen molar-refractivity contribution in [2.75, 3.05) is 19.0 Å². The number of phenolic OH excluding ortho intramolecular Hbond substituents is 1. The average molecular weight is 272 g/mol. The van der Waals surface area contributed by atoms with E-state index in [1.54, 1.807) is 6.07 Å². The van der Waals surface area contributed by atoms with Gasteiger partial charge in [-0.05, 0) is 18.6 Å². The van der Waals surface area contributed by atoms with E-state index in [1.807, 2.05) is 6.92 Å². The summed E-state index contributed by atoms with van der Waals surface area (Å²) in [5, 5.41) is 10.1. The van der Waals surface area contributed by atoms with Crippen LogP contribution in [0.25, 0.3) is 0 Å². The number of carbonyl (C=O) groups is 1. The van der Waals surface area contributed by atoms with Crippen molar-refractivity contribution in [2.24, 2.45) is 5.73 Å². The number of hydrogen-bond acceptors (Lipinski definition) is 4. The molecule has 18 heavy (non-hydrogen) atoms. The zero-order valence-corrected chi connectivity index (χ0v) is 11.2. The predicted octanol–water partition coefficient (Wildman–Crippen LogP) is 2.10. The van der Waals surface area contributed by atoms with Crippen molar-refractivity contribution in [1.82, 2.24) is 0 Å². The Morgan fingerprint density at radius 3 is 2.78 bits per heavy atom. The first-order chi connectivity index (χ1) is 8.65. The van der Waals surface area contributed by atoms with E-state index in [1.165, 1.54) is 6.07 Å². The lowest BCUT2D eigenvalue weighted by atomic mass is 10.0. The highest BCUT2D eigenvalue weighted by Gasteiger charge is 2.17. The smallest absolute Gasteiger partial charge is 0.180 e. The summed E-state index contributed by atoms with van der Waals surface area (Å²) in [6.45, 7) is 2.23. The average Bonchev–Trinajstić information content (AvgIpc) is 2.38. The van der Waals surface area contributed by atoms with E-state index in [4.69, 9.17) is 22.1 Å². The molecule has 3 N–H and O–H groups in total. The second-order valence-corrected chi connectivity index (χ2v) is 4.23. The fourth-order valence-electron chi connectivity index (χ4n) is 1.73. The molecule has 0 aliphatic heterocycles. The van der Waals surface area contributed by atoms with Gasteiger partial charge in [0.1, 0.15) is 18.1 Å². The quantitative estimate of drug-likeness (QED) is 0.588. The number of aromatic hydroxyl groups is 1. The van der Waals surface area contributed by atoms with Crippen LogP contribution in [0.4, 0.5) is 0 Å². The molecule has 0 amide bonds. The molecule has 0 radical (unpaired) electrons. The van der Waals surface area contributed by atoms with Crippen LogP contribution in [-0.2, 0) is 6.42 Å². The fraction of sp³-hybridized carbons (Fsp3) is 0.462. The van der Waals surface area contributed by atoms with E-state index in [9.17, 15) is 9.90 Å². The molecule has 100 valence electrons.